The molecule has 0 saturated heterocycles. The largest absolute Gasteiger partial charge is 0.348 e. The highest BCUT2D eigenvalue weighted by molar-refractivity contribution is 6.04. The van der Waals surface area contributed by atoms with E-state index in [9.17, 15) is 9.59 Å². The summed E-state index contributed by atoms with van der Waals surface area (Å²) in [5.74, 6) is 0. The van der Waals surface area contributed by atoms with E-state index in [2.05, 4.69) is 15.0 Å². The van der Waals surface area contributed by atoms with Crippen molar-refractivity contribution in [2.24, 2.45) is 4.99 Å². The molecule has 0 bridgehead atoms. The van der Waals surface area contributed by atoms with Crippen molar-refractivity contribution in [2.75, 3.05) is 11.4 Å². The first-order valence-corrected chi connectivity index (χ1v) is 7.28. The van der Waals surface area contributed by atoms with Crippen molar-refractivity contribution in [1.82, 2.24) is 14.4 Å². The van der Waals surface area contributed by atoms with Crippen molar-refractivity contribution in [2.45, 2.75) is 6.42 Å². The van der Waals surface area contributed by atoms with Crippen molar-refractivity contribution in [3.05, 3.63) is 52.2 Å². The Morgan fingerprint density at radius 1 is 1.22 bits per heavy atom. The zero-order chi connectivity index (χ0) is 15.6. The molecule has 0 unspecified atom stereocenters. The van der Waals surface area contributed by atoms with E-state index in [1.54, 1.807) is 23.5 Å². The topological polar surface area (TPSA) is 82.8 Å². The first-order chi connectivity index (χ1) is 11.2. The van der Waals surface area contributed by atoms with Gasteiger partial charge in [-0.25, -0.2) is 14.8 Å². The molecule has 0 radical (unpaired) electrons. The lowest BCUT2D eigenvalue weighted by atomic mass is 10.1. The average Bonchev–Trinajstić information content (AvgIpc) is 3.24. The summed E-state index contributed by atoms with van der Waals surface area (Å²) in [6.45, 7) is 0.493. The van der Waals surface area contributed by atoms with Gasteiger partial charge in [0.25, 0.3) is 5.56 Å². The molecule has 0 spiro atoms. The van der Waals surface area contributed by atoms with E-state index in [1.165, 1.54) is 0 Å². The smallest absolute Gasteiger partial charge is 0.317 e. The van der Waals surface area contributed by atoms with Crippen LogP contribution < -0.4 is 10.5 Å². The van der Waals surface area contributed by atoms with Gasteiger partial charge in [-0.3, -0.25) is 14.1 Å². The van der Waals surface area contributed by atoms with Gasteiger partial charge < -0.3 is 4.98 Å². The van der Waals surface area contributed by atoms with Gasteiger partial charge in [-0.15, -0.1) is 0 Å². The number of amides is 2. The fourth-order valence-corrected chi connectivity index (χ4v) is 3.33. The number of hydrogen-bond donors (Lipinski definition) is 1. The predicted molar refractivity (Wildman–Crippen MR) is 85.3 cm³/mol. The van der Waals surface area contributed by atoms with Crippen LogP contribution in [0.15, 0.2) is 40.4 Å². The van der Waals surface area contributed by atoms with Gasteiger partial charge in [0.2, 0.25) is 5.65 Å². The van der Waals surface area contributed by atoms with Crippen LogP contribution in [-0.2, 0) is 6.42 Å². The highest BCUT2D eigenvalue weighted by Gasteiger charge is 2.25. The Morgan fingerprint density at radius 3 is 2.96 bits per heavy atom. The van der Waals surface area contributed by atoms with Gasteiger partial charge in [-0.2, -0.15) is 0 Å². The van der Waals surface area contributed by atoms with Gasteiger partial charge in [0.15, 0.2) is 0 Å². The lowest BCUT2D eigenvalue weighted by molar-refractivity contribution is 0.256. The Hall–Kier alpha value is -3.22. The molecule has 112 valence electrons. The van der Waals surface area contributed by atoms with Crippen LogP contribution in [0, 0.1) is 0 Å². The number of benzene rings is 1. The van der Waals surface area contributed by atoms with Crippen molar-refractivity contribution < 1.29 is 4.79 Å². The summed E-state index contributed by atoms with van der Waals surface area (Å²) in [4.78, 5) is 36.3. The number of fused-ring (bicyclic) bond motifs is 5. The Bertz CT molecular complexity index is 1080. The highest BCUT2D eigenvalue weighted by atomic mass is 16.2. The molecule has 3 heterocycles. The lowest BCUT2D eigenvalue weighted by Crippen LogP contribution is -2.23. The molecule has 2 aliphatic rings. The Kier molecular flexibility index (Phi) is 2.23. The number of nitrogens with zero attached hydrogens (tertiary/aromatic N) is 4. The minimum absolute atomic E-state index is 0.200. The third-order valence-electron chi connectivity index (χ3n) is 4.39. The number of H-pyrrole nitrogens is 1. The number of anilines is 1. The molecule has 7 nitrogen and oxygen atoms in total. The van der Waals surface area contributed by atoms with E-state index in [4.69, 9.17) is 0 Å². The van der Waals surface area contributed by atoms with E-state index >= 15 is 0 Å². The molecule has 1 aliphatic heterocycles. The quantitative estimate of drug-likeness (QED) is 0.580. The molecule has 0 atom stereocenters. The van der Waals surface area contributed by atoms with Crippen molar-refractivity contribution in [3.8, 4) is 11.3 Å². The maximum atomic E-state index is 12.1. The van der Waals surface area contributed by atoms with Crippen LogP contribution in [0.25, 0.3) is 16.9 Å². The van der Waals surface area contributed by atoms with Gasteiger partial charge in [-0.05, 0) is 17.7 Å². The zero-order valence-electron chi connectivity index (χ0n) is 12.0. The third kappa shape index (κ3) is 1.58. The normalized spacial score (nSPS) is 15.5. The van der Waals surface area contributed by atoms with Crippen LogP contribution >= 0.6 is 0 Å². The van der Waals surface area contributed by atoms with Crippen molar-refractivity contribution >= 4 is 23.6 Å². The number of nitrogens with one attached hydrogen (secondary N) is 1. The Labute approximate surface area is 129 Å². The lowest BCUT2D eigenvalue weighted by Gasteiger charge is -2.15. The molecule has 2 amide bonds. The Morgan fingerprint density at radius 2 is 2.13 bits per heavy atom. The van der Waals surface area contributed by atoms with Crippen LogP contribution in [0.1, 0.15) is 11.3 Å². The molecule has 2 aromatic heterocycles. The number of urea groups is 1. The highest BCUT2D eigenvalue weighted by Crippen LogP contribution is 2.36. The number of carbonyl (C=O) groups is 1. The summed E-state index contributed by atoms with van der Waals surface area (Å²) in [5.41, 5.74) is 4.93. The van der Waals surface area contributed by atoms with Crippen LogP contribution in [0.2, 0.25) is 0 Å². The summed E-state index contributed by atoms with van der Waals surface area (Å²) in [6, 6.07) is 5.58. The van der Waals surface area contributed by atoms with Gasteiger partial charge >= 0.3 is 6.03 Å². The summed E-state index contributed by atoms with van der Waals surface area (Å²) in [6.07, 6.45) is 5.72. The standard InChI is InChI=1S/C16H11N5O2/c22-15-14-17-3-6-21(14)12-8-9-7-10(20-5-4-18-16(20)23)1-2-11(9)13(12)19-15/h1-4,6-7H,5,8H2,(H,19,22). The molecule has 0 saturated carbocycles. The monoisotopic (exact) mass is 305 g/mol. The number of carbonyl (C=O) groups excluding carboxylic acids is 1. The summed E-state index contributed by atoms with van der Waals surface area (Å²) in [5, 5.41) is 0. The van der Waals surface area contributed by atoms with E-state index in [-0.39, 0.29) is 11.6 Å². The minimum Gasteiger partial charge on any atom is -0.317 e. The molecule has 7 heteroatoms. The number of rotatable bonds is 1. The van der Waals surface area contributed by atoms with Gasteiger partial charge in [-0.1, -0.05) is 6.07 Å². The van der Waals surface area contributed by atoms with Crippen LogP contribution in [0.5, 0.6) is 0 Å². The number of aromatic nitrogens is 3. The van der Waals surface area contributed by atoms with Gasteiger partial charge in [0, 0.05) is 36.3 Å². The second-order valence-electron chi connectivity index (χ2n) is 5.62. The molecule has 3 aromatic rings. The van der Waals surface area contributed by atoms with E-state index in [0.717, 1.165) is 28.2 Å². The zero-order valence-corrected chi connectivity index (χ0v) is 12.0. The van der Waals surface area contributed by atoms with Crippen molar-refractivity contribution in [3.63, 3.8) is 0 Å². The van der Waals surface area contributed by atoms with Crippen molar-refractivity contribution in [1.29, 1.82) is 0 Å². The minimum atomic E-state index is -0.245. The number of aromatic amines is 1. The second-order valence-corrected chi connectivity index (χ2v) is 5.62. The fourth-order valence-electron chi connectivity index (χ4n) is 3.33. The molecular formula is C16H11N5O2. The number of imidazole rings is 1. The fraction of sp³-hybridized carbons (Fsp3) is 0.125. The molecule has 0 fully saturated rings. The molecule has 1 aliphatic carbocycles. The maximum absolute atomic E-state index is 12.1. The summed E-state index contributed by atoms with van der Waals surface area (Å²) < 4.78 is 1.83. The summed E-state index contributed by atoms with van der Waals surface area (Å²) >= 11 is 0. The number of aliphatic imine (C=N–C) groups is 1. The molecular weight excluding hydrogens is 294 g/mol. The maximum Gasteiger partial charge on any atom is 0.348 e. The average molecular weight is 305 g/mol. The second kappa shape index (κ2) is 4.16. The van der Waals surface area contributed by atoms with Crippen LogP contribution in [0.4, 0.5) is 10.5 Å². The van der Waals surface area contributed by atoms with Gasteiger partial charge in [0.05, 0.1) is 17.9 Å². The molecule has 23 heavy (non-hydrogen) atoms. The number of hydrogen-bond acceptors (Lipinski definition) is 3. The SMILES string of the molecule is O=C1N=CCN1c1ccc2c(c1)Cc1c-2[nH]c(=O)c2nccn12. The van der Waals surface area contributed by atoms with E-state index in [1.807, 2.05) is 22.6 Å². The first-order valence-electron chi connectivity index (χ1n) is 7.28. The van der Waals surface area contributed by atoms with Crippen LogP contribution in [0.3, 0.4) is 0 Å². The van der Waals surface area contributed by atoms with E-state index in [0.29, 0.717) is 18.6 Å². The first kappa shape index (κ1) is 12.3. The predicted octanol–water partition coefficient (Wildman–Crippen LogP) is 1.60. The molecule has 1 N–H and O–H groups in total. The Balaban J connectivity index is 1.68. The third-order valence-corrected chi connectivity index (χ3v) is 4.39. The summed E-state index contributed by atoms with van der Waals surface area (Å²) in [7, 11) is 0. The van der Waals surface area contributed by atoms with Gasteiger partial charge in [0.1, 0.15) is 0 Å². The van der Waals surface area contributed by atoms with Crippen LogP contribution in [-0.4, -0.2) is 33.2 Å². The molecule has 5 rings (SSSR count). The molecule has 1 aromatic carbocycles. The van der Waals surface area contributed by atoms with E-state index < -0.39 is 0 Å².